The van der Waals surface area contributed by atoms with Gasteiger partial charge in [-0.25, -0.2) is 4.39 Å². The van der Waals surface area contributed by atoms with E-state index in [2.05, 4.69) is 6.92 Å². The van der Waals surface area contributed by atoms with Gasteiger partial charge < -0.3 is 5.11 Å². The summed E-state index contributed by atoms with van der Waals surface area (Å²) in [5.41, 5.74) is 0.766. The molecule has 0 unspecified atom stereocenters. The molecule has 0 amide bonds. The smallest absolute Gasteiger partial charge is 0.126 e. The van der Waals surface area contributed by atoms with E-state index in [1.165, 1.54) is 6.07 Å². The topological polar surface area (TPSA) is 20.2 Å². The van der Waals surface area contributed by atoms with E-state index in [4.69, 9.17) is 0 Å². The van der Waals surface area contributed by atoms with Crippen LogP contribution in [0.3, 0.4) is 0 Å². The van der Waals surface area contributed by atoms with Crippen LogP contribution in [0.2, 0.25) is 0 Å². The second-order valence-electron chi connectivity index (χ2n) is 4.51. The number of rotatable bonds is 1. The third kappa shape index (κ3) is 1.44. The Morgan fingerprint density at radius 2 is 2.07 bits per heavy atom. The van der Waals surface area contributed by atoms with Crippen molar-refractivity contribution in [3.8, 4) is 0 Å². The fourth-order valence-electron chi connectivity index (χ4n) is 2.26. The van der Waals surface area contributed by atoms with E-state index >= 15 is 0 Å². The molecule has 2 heteroatoms. The molecule has 1 aliphatic carbocycles. The summed E-state index contributed by atoms with van der Waals surface area (Å²) < 4.78 is 13.0. The molecule has 0 radical (unpaired) electrons. The molecule has 1 aromatic rings. The Morgan fingerprint density at radius 3 is 2.57 bits per heavy atom. The molecule has 1 fully saturated rings. The molecule has 0 aromatic heterocycles. The lowest BCUT2D eigenvalue weighted by atomic mass is 9.68. The van der Waals surface area contributed by atoms with Crippen molar-refractivity contribution in [1.82, 2.24) is 0 Å². The molecular formula is C12H15FO. The van der Waals surface area contributed by atoms with Crippen molar-refractivity contribution in [2.75, 3.05) is 0 Å². The minimum atomic E-state index is -0.697. The third-order valence-corrected chi connectivity index (χ3v) is 3.07. The zero-order valence-corrected chi connectivity index (χ0v) is 8.55. The standard InChI is InChI=1S/C12H15FO/c1-8-6-12(14,7-8)10-3-4-11(13)9(2)5-10/h3-5,8,14H,6-7H2,1-2H3. The van der Waals surface area contributed by atoms with Crippen LogP contribution in [0.1, 0.15) is 30.9 Å². The summed E-state index contributed by atoms with van der Waals surface area (Å²) in [6, 6.07) is 4.88. The maximum atomic E-state index is 13.0. The molecule has 0 heterocycles. The Hall–Kier alpha value is -0.890. The molecule has 1 nitrogen and oxygen atoms in total. The lowest BCUT2D eigenvalue weighted by molar-refractivity contribution is -0.0739. The van der Waals surface area contributed by atoms with Crippen molar-refractivity contribution in [2.45, 2.75) is 32.3 Å². The summed E-state index contributed by atoms with van der Waals surface area (Å²) in [5.74, 6) is 0.370. The summed E-state index contributed by atoms with van der Waals surface area (Å²) in [7, 11) is 0. The van der Waals surface area contributed by atoms with Gasteiger partial charge in [0.05, 0.1) is 5.60 Å². The number of hydrogen-bond donors (Lipinski definition) is 1. The fraction of sp³-hybridized carbons (Fsp3) is 0.500. The van der Waals surface area contributed by atoms with Crippen LogP contribution in [-0.4, -0.2) is 5.11 Å². The van der Waals surface area contributed by atoms with Crippen LogP contribution in [0.15, 0.2) is 18.2 Å². The molecule has 2 rings (SSSR count). The van der Waals surface area contributed by atoms with E-state index in [1.807, 2.05) is 0 Å². The van der Waals surface area contributed by atoms with Crippen molar-refractivity contribution in [2.24, 2.45) is 5.92 Å². The molecule has 1 aliphatic rings. The quantitative estimate of drug-likeness (QED) is 0.728. The minimum Gasteiger partial charge on any atom is -0.385 e. The van der Waals surface area contributed by atoms with Crippen LogP contribution in [-0.2, 0) is 5.60 Å². The number of benzene rings is 1. The second kappa shape index (κ2) is 3.06. The summed E-state index contributed by atoms with van der Waals surface area (Å²) in [5, 5.41) is 10.1. The Labute approximate surface area is 83.6 Å². The number of halogens is 1. The summed E-state index contributed by atoms with van der Waals surface area (Å²) in [6.45, 7) is 3.84. The van der Waals surface area contributed by atoms with Gasteiger partial charge in [0.25, 0.3) is 0 Å². The fourth-order valence-corrected chi connectivity index (χ4v) is 2.26. The molecule has 0 aliphatic heterocycles. The molecule has 76 valence electrons. The third-order valence-electron chi connectivity index (χ3n) is 3.07. The summed E-state index contributed by atoms with van der Waals surface area (Å²) in [6.07, 6.45) is 1.58. The van der Waals surface area contributed by atoms with Gasteiger partial charge in [-0.05, 0) is 42.9 Å². The monoisotopic (exact) mass is 194 g/mol. The molecule has 1 N–H and O–H groups in total. The van der Waals surface area contributed by atoms with Crippen LogP contribution in [0.25, 0.3) is 0 Å². The van der Waals surface area contributed by atoms with E-state index in [0.717, 1.165) is 18.4 Å². The molecule has 0 spiro atoms. The Balaban J connectivity index is 2.29. The first-order valence-corrected chi connectivity index (χ1v) is 5.00. The van der Waals surface area contributed by atoms with Crippen molar-refractivity contribution in [3.63, 3.8) is 0 Å². The maximum Gasteiger partial charge on any atom is 0.126 e. The van der Waals surface area contributed by atoms with Gasteiger partial charge in [0.1, 0.15) is 5.82 Å². The highest BCUT2D eigenvalue weighted by atomic mass is 19.1. The SMILES string of the molecule is Cc1cc(C2(O)CC(C)C2)ccc1F. The summed E-state index contributed by atoms with van der Waals surface area (Å²) >= 11 is 0. The van der Waals surface area contributed by atoms with Crippen LogP contribution >= 0.6 is 0 Å². The Morgan fingerprint density at radius 1 is 1.43 bits per heavy atom. The van der Waals surface area contributed by atoms with E-state index in [9.17, 15) is 9.50 Å². The number of hydrogen-bond acceptors (Lipinski definition) is 1. The van der Waals surface area contributed by atoms with Gasteiger partial charge in [0, 0.05) is 0 Å². The minimum absolute atomic E-state index is 0.204. The first-order chi connectivity index (χ1) is 6.51. The van der Waals surface area contributed by atoms with Crippen LogP contribution in [0.5, 0.6) is 0 Å². The van der Waals surface area contributed by atoms with E-state index in [-0.39, 0.29) is 5.82 Å². The van der Waals surface area contributed by atoms with Gasteiger partial charge in [0.15, 0.2) is 0 Å². The van der Waals surface area contributed by atoms with Crippen molar-refractivity contribution < 1.29 is 9.50 Å². The largest absolute Gasteiger partial charge is 0.385 e. The van der Waals surface area contributed by atoms with Gasteiger partial charge in [0.2, 0.25) is 0 Å². The highest BCUT2D eigenvalue weighted by Gasteiger charge is 2.41. The Kier molecular flexibility index (Phi) is 2.11. The maximum absolute atomic E-state index is 13.0. The zero-order valence-electron chi connectivity index (χ0n) is 8.55. The van der Waals surface area contributed by atoms with Gasteiger partial charge in [-0.2, -0.15) is 0 Å². The Bertz CT molecular complexity index is 353. The van der Waals surface area contributed by atoms with Crippen LogP contribution in [0, 0.1) is 18.7 Å². The van der Waals surface area contributed by atoms with Crippen LogP contribution in [0.4, 0.5) is 4.39 Å². The van der Waals surface area contributed by atoms with Crippen molar-refractivity contribution in [3.05, 3.63) is 35.1 Å². The second-order valence-corrected chi connectivity index (χ2v) is 4.51. The average molecular weight is 194 g/mol. The molecular weight excluding hydrogens is 179 g/mol. The first-order valence-electron chi connectivity index (χ1n) is 5.00. The number of aliphatic hydroxyl groups is 1. The lowest BCUT2D eigenvalue weighted by Gasteiger charge is -2.42. The number of aryl methyl sites for hydroxylation is 1. The van der Waals surface area contributed by atoms with E-state index in [0.29, 0.717) is 11.5 Å². The summed E-state index contributed by atoms with van der Waals surface area (Å²) in [4.78, 5) is 0. The molecule has 0 atom stereocenters. The predicted octanol–water partition coefficient (Wildman–Crippen LogP) is 2.75. The highest BCUT2D eigenvalue weighted by Crippen LogP contribution is 2.45. The first kappa shape index (κ1) is 9.66. The average Bonchev–Trinajstić information content (AvgIpc) is 2.07. The molecule has 1 saturated carbocycles. The molecule has 0 bridgehead atoms. The normalized spacial score (nSPS) is 31.3. The van der Waals surface area contributed by atoms with Gasteiger partial charge in [-0.15, -0.1) is 0 Å². The molecule has 0 saturated heterocycles. The van der Waals surface area contributed by atoms with Crippen LogP contribution < -0.4 is 0 Å². The highest BCUT2D eigenvalue weighted by molar-refractivity contribution is 5.30. The van der Waals surface area contributed by atoms with Gasteiger partial charge >= 0.3 is 0 Å². The molecule has 14 heavy (non-hydrogen) atoms. The van der Waals surface area contributed by atoms with Crippen molar-refractivity contribution >= 4 is 0 Å². The van der Waals surface area contributed by atoms with Gasteiger partial charge in [-0.1, -0.05) is 19.1 Å². The lowest BCUT2D eigenvalue weighted by Crippen LogP contribution is -2.39. The molecule has 1 aromatic carbocycles. The van der Waals surface area contributed by atoms with E-state index in [1.54, 1.807) is 19.1 Å². The zero-order chi connectivity index (χ0) is 10.3. The predicted molar refractivity (Wildman–Crippen MR) is 53.4 cm³/mol. The van der Waals surface area contributed by atoms with Gasteiger partial charge in [-0.3, -0.25) is 0 Å². The van der Waals surface area contributed by atoms with Crippen molar-refractivity contribution in [1.29, 1.82) is 0 Å². The van der Waals surface area contributed by atoms with E-state index < -0.39 is 5.60 Å².